The molecule has 1 aromatic rings. The number of carbonyl (C=O) groups is 2. The summed E-state index contributed by atoms with van der Waals surface area (Å²) in [4.78, 5) is 35.4. The number of hydrogen-bond acceptors (Lipinski definition) is 4. The van der Waals surface area contributed by atoms with Gasteiger partial charge in [-0.1, -0.05) is 11.6 Å². The quantitative estimate of drug-likeness (QED) is 0.612. The Labute approximate surface area is 127 Å². The van der Waals surface area contributed by atoms with Crippen LogP contribution in [0, 0.1) is 0 Å². The van der Waals surface area contributed by atoms with Gasteiger partial charge in [-0.05, 0) is 24.1 Å². The lowest BCUT2D eigenvalue weighted by Gasteiger charge is -2.11. The molecule has 0 saturated heterocycles. The summed E-state index contributed by atoms with van der Waals surface area (Å²) in [6.07, 6.45) is -5.02. The minimum absolute atomic E-state index is 0.0910. The van der Waals surface area contributed by atoms with Crippen molar-refractivity contribution in [1.29, 1.82) is 0 Å². The zero-order valence-corrected chi connectivity index (χ0v) is 11.9. The molecule has 0 spiro atoms. The highest BCUT2D eigenvalue weighted by Gasteiger charge is 2.37. The number of aryl methyl sites for hydroxylation is 1. The molecule has 0 aliphatic carbocycles. The van der Waals surface area contributed by atoms with Crippen LogP contribution >= 0.6 is 11.6 Å². The molecule has 1 aromatic carbocycles. The van der Waals surface area contributed by atoms with E-state index in [1.807, 2.05) is 0 Å². The molecule has 0 aromatic heterocycles. The molecule has 1 rings (SSSR count). The van der Waals surface area contributed by atoms with Gasteiger partial charge in [0.2, 0.25) is 11.9 Å². The number of hydrogen-bond donors (Lipinski definition) is 0. The fourth-order valence-electron chi connectivity index (χ4n) is 1.64. The second kappa shape index (κ2) is 7.20. The molecule has 0 heterocycles. The molecule has 0 atom stereocenters. The van der Waals surface area contributed by atoms with E-state index in [1.54, 1.807) is 0 Å². The third kappa shape index (κ3) is 4.41. The molecule has 0 aliphatic rings. The van der Waals surface area contributed by atoms with Gasteiger partial charge in [0, 0.05) is 6.42 Å². The molecular formula is C13H9ClF3NO4. The summed E-state index contributed by atoms with van der Waals surface area (Å²) in [6.45, 7) is 0. The molecule has 0 aliphatic heterocycles. The topological polar surface area (TPSA) is 72.8 Å². The third-order valence-electron chi connectivity index (χ3n) is 2.69. The van der Waals surface area contributed by atoms with E-state index in [0.29, 0.717) is 0 Å². The molecule has 118 valence electrons. The van der Waals surface area contributed by atoms with Crippen molar-refractivity contribution in [3.8, 4) is 5.75 Å². The lowest BCUT2D eigenvalue weighted by molar-refractivity contribution is -0.171. The summed E-state index contributed by atoms with van der Waals surface area (Å²) in [5.74, 6) is -2.78. The van der Waals surface area contributed by atoms with E-state index < -0.39 is 24.3 Å². The molecule has 0 unspecified atom stereocenters. The van der Waals surface area contributed by atoms with Gasteiger partial charge in [-0.15, -0.1) is 4.99 Å². The van der Waals surface area contributed by atoms with Crippen molar-refractivity contribution in [2.75, 3.05) is 7.11 Å². The lowest BCUT2D eigenvalue weighted by atomic mass is 10.0. The van der Waals surface area contributed by atoms with E-state index in [9.17, 15) is 27.6 Å². The Morgan fingerprint density at radius 3 is 2.50 bits per heavy atom. The highest BCUT2D eigenvalue weighted by Crippen LogP contribution is 2.29. The number of isocyanates is 1. The number of methoxy groups -OCH3 is 1. The number of rotatable bonds is 5. The summed E-state index contributed by atoms with van der Waals surface area (Å²) in [7, 11) is 1.26. The van der Waals surface area contributed by atoms with Crippen LogP contribution in [0.15, 0.2) is 17.1 Å². The van der Waals surface area contributed by atoms with Crippen molar-refractivity contribution in [2.45, 2.75) is 19.0 Å². The van der Waals surface area contributed by atoms with E-state index in [-0.39, 0.29) is 28.3 Å². The van der Waals surface area contributed by atoms with Crippen LogP contribution in [-0.2, 0) is 16.0 Å². The Bertz CT molecular complexity index is 651. The van der Waals surface area contributed by atoms with Crippen LogP contribution in [-0.4, -0.2) is 31.1 Å². The van der Waals surface area contributed by atoms with Gasteiger partial charge in [0.05, 0.1) is 17.7 Å². The Kier molecular flexibility index (Phi) is 5.84. The maximum absolute atomic E-state index is 12.2. The van der Waals surface area contributed by atoms with Crippen molar-refractivity contribution < 1.29 is 32.3 Å². The van der Waals surface area contributed by atoms with Gasteiger partial charge < -0.3 is 4.74 Å². The average Bonchev–Trinajstić information content (AvgIpc) is 2.44. The van der Waals surface area contributed by atoms with Gasteiger partial charge in [-0.3, -0.25) is 9.59 Å². The first-order chi connectivity index (χ1) is 10.2. The number of benzene rings is 1. The van der Waals surface area contributed by atoms with Crippen LogP contribution in [0.25, 0.3) is 0 Å². The zero-order valence-electron chi connectivity index (χ0n) is 11.2. The van der Waals surface area contributed by atoms with Crippen LogP contribution in [0.5, 0.6) is 5.75 Å². The first-order valence-corrected chi connectivity index (χ1v) is 6.17. The summed E-state index contributed by atoms with van der Waals surface area (Å²) in [5.41, 5.74) is -0.0331. The Hall–Kier alpha value is -2.18. The monoisotopic (exact) mass is 335 g/mol. The molecule has 5 nitrogen and oxygen atoms in total. The highest BCUT2D eigenvalue weighted by molar-refractivity contribution is 6.34. The number of carbonyl (C=O) groups excluding carboxylic acids is 3. The largest absolute Gasteiger partial charge is 0.496 e. The molecule has 0 N–H and O–H groups in total. The standard InChI is InChI=1S/C13H9ClF3NO4/c1-22-10-5-9(14)8(12(21)18-6-19)4-7(10)2-3-11(20)13(15,16)17/h4-5H,2-3H2,1H3. The second-order valence-corrected chi connectivity index (χ2v) is 4.48. The van der Waals surface area contributed by atoms with E-state index in [1.165, 1.54) is 13.2 Å². The van der Waals surface area contributed by atoms with Crippen molar-refractivity contribution in [1.82, 2.24) is 0 Å². The molecule has 0 radical (unpaired) electrons. The Morgan fingerprint density at radius 2 is 2.00 bits per heavy atom. The van der Waals surface area contributed by atoms with Gasteiger partial charge in [0.1, 0.15) is 5.75 Å². The fourth-order valence-corrected chi connectivity index (χ4v) is 1.88. The fraction of sp³-hybridized carbons (Fsp3) is 0.308. The maximum Gasteiger partial charge on any atom is 0.449 e. The number of aliphatic imine (C=N–C) groups is 1. The second-order valence-electron chi connectivity index (χ2n) is 4.07. The van der Waals surface area contributed by atoms with Gasteiger partial charge in [-0.25, -0.2) is 4.79 Å². The Balaban J connectivity index is 3.12. The summed E-state index contributed by atoms with van der Waals surface area (Å²) in [6, 6.07) is 2.33. The molecule has 0 bridgehead atoms. The van der Waals surface area contributed by atoms with E-state index in [2.05, 4.69) is 4.99 Å². The average molecular weight is 336 g/mol. The van der Waals surface area contributed by atoms with Crippen molar-refractivity contribution in [3.63, 3.8) is 0 Å². The number of nitrogens with zero attached hydrogens (tertiary/aromatic N) is 1. The molecule has 0 fully saturated rings. The number of ketones is 1. The number of alkyl halides is 3. The molecule has 9 heteroatoms. The third-order valence-corrected chi connectivity index (χ3v) is 3.00. The summed E-state index contributed by atoms with van der Waals surface area (Å²) in [5, 5.41) is -0.0910. The van der Waals surface area contributed by atoms with Gasteiger partial charge >= 0.3 is 6.18 Å². The molecule has 0 saturated carbocycles. The minimum atomic E-state index is -4.93. The summed E-state index contributed by atoms with van der Waals surface area (Å²) >= 11 is 5.81. The minimum Gasteiger partial charge on any atom is -0.496 e. The van der Waals surface area contributed by atoms with Crippen molar-refractivity contribution in [2.24, 2.45) is 4.99 Å². The van der Waals surface area contributed by atoms with Crippen LogP contribution < -0.4 is 4.74 Å². The van der Waals surface area contributed by atoms with Gasteiger partial charge in [0.25, 0.3) is 5.91 Å². The first kappa shape index (κ1) is 17.9. The van der Waals surface area contributed by atoms with E-state index >= 15 is 0 Å². The zero-order chi connectivity index (χ0) is 16.9. The van der Waals surface area contributed by atoms with E-state index in [4.69, 9.17) is 16.3 Å². The summed E-state index contributed by atoms with van der Waals surface area (Å²) < 4.78 is 41.5. The van der Waals surface area contributed by atoms with Crippen LogP contribution in [0.1, 0.15) is 22.3 Å². The van der Waals surface area contributed by atoms with Gasteiger partial charge in [-0.2, -0.15) is 13.2 Å². The molecular weight excluding hydrogens is 327 g/mol. The Morgan fingerprint density at radius 1 is 1.36 bits per heavy atom. The number of Topliss-reactive ketones (excluding diaryl/α,β-unsaturated/α-hetero) is 1. The van der Waals surface area contributed by atoms with Crippen molar-refractivity contribution >= 4 is 29.4 Å². The van der Waals surface area contributed by atoms with Gasteiger partial charge in [0.15, 0.2) is 0 Å². The first-order valence-electron chi connectivity index (χ1n) is 5.79. The van der Waals surface area contributed by atoms with Crippen molar-refractivity contribution in [3.05, 3.63) is 28.3 Å². The number of halogens is 4. The predicted octanol–water partition coefficient (Wildman–Crippen LogP) is 2.89. The smallest absolute Gasteiger partial charge is 0.449 e. The van der Waals surface area contributed by atoms with E-state index in [0.717, 1.165) is 12.1 Å². The van der Waals surface area contributed by atoms with Crippen LogP contribution in [0.4, 0.5) is 13.2 Å². The van der Waals surface area contributed by atoms with Crippen LogP contribution in [0.2, 0.25) is 5.02 Å². The SMILES string of the molecule is COc1cc(Cl)c(C(=O)N=C=O)cc1CCC(=O)C(F)(F)F. The maximum atomic E-state index is 12.2. The molecule has 1 amide bonds. The molecule has 22 heavy (non-hydrogen) atoms. The highest BCUT2D eigenvalue weighted by atomic mass is 35.5. The number of ether oxygens (including phenoxy) is 1. The number of amides is 1. The predicted molar refractivity (Wildman–Crippen MR) is 69.8 cm³/mol. The normalized spacial score (nSPS) is 10.8. The lowest BCUT2D eigenvalue weighted by Crippen LogP contribution is -2.23. The van der Waals surface area contributed by atoms with Crippen LogP contribution in [0.3, 0.4) is 0 Å².